The highest BCUT2D eigenvalue weighted by Crippen LogP contribution is 2.32. The summed E-state index contributed by atoms with van der Waals surface area (Å²) < 4.78 is 25.8. The summed E-state index contributed by atoms with van der Waals surface area (Å²) in [5.41, 5.74) is 11.9. The van der Waals surface area contributed by atoms with Crippen LogP contribution in [0.25, 0.3) is 0 Å². The van der Waals surface area contributed by atoms with Gasteiger partial charge in [-0.3, -0.25) is 0 Å². The van der Waals surface area contributed by atoms with Crippen molar-refractivity contribution < 1.29 is 8.42 Å². The van der Waals surface area contributed by atoms with Gasteiger partial charge in [0.2, 0.25) is 0 Å². The van der Waals surface area contributed by atoms with Crippen molar-refractivity contribution in [3.63, 3.8) is 0 Å². The number of anilines is 2. The van der Waals surface area contributed by atoms with Crippen LogP contribution >= 0.6 is 0 Å². The summed E-state index contributed by atoms with van der Waals surface area (Å²) in [5, 5.41) is 4.46. The molecule has 0 spiro atoms. The van der Waals surface area contributed by atoms with Crippen molar-refractivity contribution in [2.45, 2.75) is 44.2 Å². The van der Waals surface area contributed by atoms with E-state index in [0.717, 1.165) is 12.8 Å². The van der Waals surface area contributed by atoms with E-state index in [2.05, 4.69) is 5.10 Å². The predicted molar refractivity (Wildman–Crippen MR) is 84.0 cm³/mol. The van der Waals surface area contributed by atoms with Crippen LogP contribution in [0.2, 0.25) is 0 Å². The SMILES string of the molecule is CC(C)Cn1nc(N2CCC(N)CC2)c(S(C)(=O)=O)c1N. The van der Waals surface area contributed by atoms with Gasteiger partial charge in [-0.05, 0) is 18.8 Å². The zero-order chi connectivity index (χ0) is 15.8. The standard InChI is InChI=1S/C13H25N5O2S/c1-9(2)8-18-12(15)11(21(3,19)20)13(16-18)17-6-4-10(14)5-7-17/h9-10H,4-8,14-15H2,1-3H3. The normalized spacial score (nSPS) is 17.7. The number of piperidine rings is 1. The van der Waals surface area contributed by atoms with Crippen LogP contribution in [-0.2, 0) is 16.4 Å². The van der Waals surface area contributed by atoms with Crippen LogP contribution in [-0.4, -0.2) is 43.6 Å². The highest BCUT2D eigenvalue weighted by molar-refractivity contribution is 7.91. The molecule has 0 aliphatic carbocycles. The van der Waals surface area contributed by atoms with Crippen LogP contribution in [0.5, 0.6) is 0 Å². The largest absolute Gasteiger partial charge is 0.383 e. The molecule has 0 radical (unpaired) electrons. The summed E-state index contributed by atoms with van der Waals surface area (Å²) in [6.45, 7) is 6.10. The molecular formula is C13H25N5O2S. The number of aromatic nitrogens is 2. The quantitative estimate of drug-likeness (QED) is 0.835. The molecule has 4 N–H and O–H groups in total. The van der Waals surface area contributed by atoms with E-state index >= 15 is 0 Å². The smallest absolute Gasteiger partial charge is 0.182 e. The Morgan fingerprint density at radius 3 is 2.38 bits per heavy atom. The second kappa shape index (κ2) is 5.84. The Morgan fingerprint density at radius 2 is 1.90 bits per heavy atom. The lowest BCUT2D eigenvalue weighted by molar-refractivity contribution is 0.476. The zero-order valence-corrected chi connectivity index (χ0v) is 13.7. The first-order valence-electron chi connectivity index (χ1n) is 7.27. The van der Waals surface area contributed by atoms with Gasteiger partial charge in [0.15, 0.2) is 20.6 Å². The number of nitrogens with two attached hydrogens (primary N) is 2. The van der Waals surface area contributed by atoms with E-state index in [1.165, 1.54) is 6.26 Å². The number of hydrogen-bond acceptors (Lipinski definition) is 6. The van der Waals surface area contributed by atoms with Crippen LogP contribution in [0, 0.1) is 5.92 Å². The van der Waals surface area contributed by atoms with Gasteiger partial charge in [-0.25, -0.2) is 13.1 Å². The fourth-order valence-corrected chi connectivity index (χ4v) is 3.59. The zero-order valence-electron chi connectivity index (χ0n) is 12.9. The molecule has 2 heterocycles. The fraction of sp³-hybridized carbons (Fsp3) is 0.769. The van der Waals surface area contributed by atoms with E-state index in [1.54, 1.807) is 4.68 Å². The highest BCUT2D eigenvalue weighted by Gasteiger charge is 2.29. The molecule has 0 aromatic carbocycles. The molecule has 0 amide bonds. The maximum atomic E-state index is 12.1. The van der Waals surface area contributed by atoms with Gasteiger partial charge in [-0.2, -0.15) is 5.10 Å². The van der Waals surface area contributed by atoms with Gasteiger partial charge in [0.05, 0.1) is 0 Å². The fourth-order valence-electron chi connectivity index (χ4n) is 2.60. The summed E-state index contributed by atoms with van der Waals surface area (Å²) in [5.74, 6) is 1.04. The van der Waals surface area contributed by atoms with Crippen LogP contribution in [0.1, 0.15) is 26.7 Å². The molecule has 0 saturated carbocycles. The minimum absolute atomic E-state index is 0.152. The molecule has 1 aliphatic rings. The first-order chi connectivity index (χ1) is 9.70. The van der Waals surface area contributed by atoms with E-state index in [-0.39, 0.29) is 16.8 Å². The molecule has 120 valence electrons. The summed E-state index contributed by atoms with van der Waals surface area (Å²) in [7, 11) is -3.42. The Morgan fingerprint density at radius 1 is 1.33 bits per heavy atom. The van der Waals surface area contributed by atoms with E-state index < -0.39 is 9.84 Å². The second-order valence-corrected chi connectivity index (χ2v) is 8.16. The van der Waals surface area contributed by atoms with E-state index in [1.807, 2.05) is 18.7 Å². The third-order valence-electron chi connectivity index (χ3n) is 3.68. The Labute approximate surface area is 126 Å². The third-order valence-corrected chi connectivity index (χ3v) is 4.81. The van der Waals surface area contributed by atoms with Crippen molar-refractivity contribution in [2.75, 3.05) is 30.0 Å². The minimum Gasteiger partial charge on any atom is -0.383 e. The van der Waals surface area contributed by atoms with Crippen LogP contribution < -0.4 is 16.4 Å². The van der Waals surface area contributed by atoms with Crippen LogP contribution in [0.3, 0.4) is 0 Å². The average Bonchev–Trinajstić information content (AvgIpc) is 2.66. The van der Waals surface area contributed by atoms with Gasteiger partial charge in [0.25, 0.3) is 0 Å². The van der Waals surface area contributed by atoms with Crippen LogP contribution in [0.4, 0.5) is 11.6 Å². The lowest BCUT2D eigenvalue weighted by Crippen LogP contribution is -2.40. The molecule has 7 nitrogen and oxygen atoms in total. The lowest BCUT2D eigenvalue weighted by Gasteiger charge is -2.30. The minimum atomic E-state index is -3.42. The maximum Gasteiger partial charge on any atom is 0.182 e. The lowest BCUT2D eigenvalue weighted by atomic mass is 10.1. The summed E-state index contributed by atoms with van der Waals surface area (Å²) in [6, 6.07) is 0.179. The molecule has 8 heteroatoms. The molecule has 1 aliphatic heterocycles. The van der Waals surface area contributed by atoms with Gasteiger partial charge in [-0.15, -0.1) is 0 Å². The number of hydrogen-bond donors (Lipinski definition) is 2. The van der Waals surface area contributed by atoms with Crippen molar-refractivity contribution in [3.05, 3.63) is 0 Å². The van der Waals surface area contributed by atoms with E-state index in [9.17, 15) is 8.42 Å². The Balaban J connectivity index is 2.44. The van der Waals surface area contributed by atoms with Crippen molar-refractivity contribution in [3.8, 4) is 0 Å². The molecule has 0 bridgehead atoms. The predicted octanol–water partition coefficient (Wildman–Crippen LogP) is 0.452. The monoisotopic (exact) mass is 315 g/mol. The van der Waals surface area contributed by atoms with Crippen LogP contribution in [0.15, 0.2) is 4.90 Å². The molecule has 0 atom stereocenters. The maximum absolute atomic E-state index is 12.1. The van der Waals surface area contributed by atoms with E-state index in [0.29, 0.717) is 31.4 Å². The highest BCUT2D eigenvalue weighted by atomic mass is 32.2. The summed E-state index contributed by atoms with van der Waals surface area (Å²) in [4.78, 5) is 2.13. The first-order valence-corrected chi connectivity index (χ1v) is 9.16. The molecule has 2 rings (SSSR count). The molecule has 0 unspecified atom stereocenters. The Kier molecular flexibility index (Phi) is 4.48. The molecular weight excluding hydrogens is 290 g/mol. The number of nitrogen functional groups attached to an aromatic ring is 1. The van der Waals surface area contributed by atoms with Crippen molar-refractivity contribution >= 4 is 21.5 Å². The summed E-state index contributed by atoms with van der Waals surface area (Å²) >= 11 is 0. The van der Waals surface area contributed by atoms with Gasteiger partial charge < -0.3 is 16.4 Å². The molecule has 1 aromatic heterocycles. The van der Waals surface area contributed by atoms with Gasteiger partial charge in [0, 0.05) is 31.9 Å². The molecule has 1 aromatic rings. The number of nitrogens with zero attached hydrogens (tertiary/aromatic N) is 3. The van der Waals surface area contributed by atoms with E-state index in [4.69, 9.17) is 11.5 Å². The van der Waals surface area contributed by atoms with Gasteiger partial charge in [-0.1, -0.05) is 13.8 Å². The second-order valence-electron chi connectivity index (χ2n) is 6.21. The van der Waals surface area contributed by atoms with Crippen molar-refractivity contribution in [1.29, 1.82) is 0 Å². The molecule has 1 fully saturated rings. The van der Waals surface area contributed by atoms with Crippen molar-refractivity contribution in [1.82, 2.24) is 9.78 Å². The topological polar surface area (TPSA) is 107 Å². The Hall–Kier alpha value is -1.28. The number of sulfone groups is 1. The first kappa shape index (κ1) is 16.1. The average molecular weight is 315 g/mol. The third kappa shape index (κ3) is 3.49. The molecule has 21 heavy (non-hydrogen) atoms. The van der Waals surface area contributed by atoms with Gasteiger partial charge >= 0.3 is 0 Å². The Bertz CT molecular complexity index is 600. The number of rotatable bonds is 4. The van der Waals surface area contributed by atoms with Gasteiger partial charge in [0.1, 0.15) is 5.82 Å². The van der Waals surface area contributed by atoms with Crippen molar-refractivity contribution in [2.24, 2.45) is 11.7 Å². The summed E-state index contributed by atoms with van der Waals surface area (Å²) in [6.07, 6.45) is 2.85. The molecule has 1 saturated heterocycles.